The van der Waals surface area contributed by atoms with Crippen molar-refractivity contribution in [1.29, 1.82) is 0 Å². The van der Waals surface area contributed by atoms with Crippen LogP contribution in [0.1, 0.15) is 55.4 Å². The van der Waals surface area contributed by atoms with Crippen molar-refractivity contribution in [3.05, 3.63) is 0 Å². The van der Waals surface area contributed by atoms with E-state index in [1.54, 1.807) is 27.7 Å². The third-order valence-corrected chi connectivity index (χ3v) is 14.6. The van der Waals surface area contributed by atoms with Crippen LogP contribution in [0.3, 0.4) is 0 Å². The fourth-order valence-corrected chi connectivity index (χ4v) is 14.1. The van der Waals surface area contributed by atoms with Crippen LogP contribution in [-0.2, 0) is 12.4 Å². The van der Waals surface area contributed by atoms with E-state index >= 15 is 0 Å². The maximum absolute atomic E-state index is 10.8. The first kappa shape index (κ1) is 18.8. The summed E-state index contributed by atoms with van der Waals surface area (Å²) in [4.78, 5) is 0. The van der Waals surface area contributed by atoms with Gasteiger partial charge in [-0.2, -0.15) is 0 Å². The minimum atomic E-state index is -4.55. The zero-order valence-corrected chi connectivity index (χ0v) is 18.2. The topological polar surface area (TPSA) is 118 Å². The van der Waals surface area contributed by atoms with E-state index in [4.69, 9.17) is 12.4 Å². The number of rotatable bonds is 0. The molecule has 4 fully saturated rings. The van der Waals surface area contributed by atoms with Crippen molar-refractivity contribution >= 4 is 19.8 Å². The van der Waals surface area contributed by atoms with Crippen LogP contribution in [-0.4, -0.2) is 85.1 Å². The summed E-state index contributed by atoms with van der Waals surface area (Å²) < 4.78 is 24.6. The van der Waals surface area contributed by atoms with Gasteiger partial charge in [0.05, 0.1) is 0 Å². The fourth-order valence-electron chi connectivity index (χ4n) is 5.15. The van der Waals surface area contributed by atoms with E-state index in [2.05, 4.69) is 0 Å². The van der Waals surface area contributed by atoms with Crippen LogP contribution < -0.4 is 0 Å². The van der Waals surface area contributed by atoms with Gasteiger partial charge in [0, 0.05) is 0 Å². The summed E-state index contributed by atoms with van der Waals surface area (Å²) in [5.74, 6) is 0. The normalized spacial score (nSPS) is 77.0. The standard InChI is InChI=1S/C16H28O8Te/c1-9(17)10(2,18)14(6)13(9,5)21-25(22-14)23-15(7)11(3,19)12(4,20)16(15,8)24-25/h17-20H,1-8H3. The van der Waals surface area contributed by atoms with E-state index in [0.29, 0.717) is 0 Å². The first-order chi connectivity index (χ1) is 10.8. The Bertz CT molecular complexity index is 572. The van der Waals surface area contributed by atoms with E-state index in [0.717, 1.165) is 0 Å². The average Bonchev–Trinajstić information content (AvgIpc) is 2.78. The Kier molecular flexibility index (Phi) is 2.97. The number of fused-ring (bicyclic) bond motifs is 2. The quantitative estimate of drug-likeness (QED) is 0.349. The van der Waals surface area contributed by atoms with Crippen molar-refractivity contribution in [2.45, 2.75) is 100 Å². The van der Waals surface area contributed by atoms with Crippen LogP contribution in [0.15, 0.2) is 0 Å². The van der Waals surface area contributed by atoms with Crippen LogP contribution in [0.25, 0.3) is 0 Å². The van der Waals surface area contributed by atoms with E-state index in [1.165, 1.54) is 27.7 Å². The van der Waals surface area contributed by atoms with Gasteiger partial charge in [-0.05, 0) is 0 Å². The molecule has 0 amide bonds. The molecular weight excluding hydrogens is 448 g/mol. The molecule has 2 saturated heterocycles. The molecule has 2 aliphatic heterocycles. The molecule has 0 aromatic rings. The Morgan fingerprint density at radius 3 is 0.760 bits per heavy atom. The van der Waals surface area contributed by atoms with Crippen molar-refractivity contribution in [2.75, 3.05) is 0 Å². The monoisotopic (exact) mass is 478 g/mol. The summed E-state index contributed by atoms with van der Waals surface area (Å²) >= 11 is -4.55. The molecule has 146 valence electrons. The van der Waals surface area contributed by atoms with Gasteiger partial charge in [0.25, 0.3) is 0 Å². The second-order valence-corrected chi connectivity index (χ2v) is 13.4. The molecule has 0 radical (unpaired) electrons. The molecule has 9 heteroatoms. The molecule has 2 aliphatic carbocycles. The van der Waals surface area contributed by atoms with E-state index in [1.807, 2.05) is 0 Å². The predicted molar refractivity (Wildman–Crippen MR) is 86.2 cm³/mol. The number of aliphatic hydroxyl groups is 4. The van der Waals surface area contributed by atoms with Gasteiger partial charge in [0.15, 0.2) is 0 Å². The van der Waals surface area contributed by atoms with Crippen LogP contribution in [0.5, 0.6) is 0 Å². The molecule has 0 aromatic heterocycles. The Morgan fingerprint density at radius 2 is 0.600 bits per heavy atom. The summed E-state index contributed by atoms with van der Waals surface area (Å²) in [6.45, 7) is 12.5. The van der Waals surface area contributed by atoms with Crippen LogP contribution >= 0.6 is 0 Å². The second-order valence-electron chi connectivity index (χ2n) is 9.16. The summed E-state index contributed by atoms with van der Waals surface area (Å²) in [6, 6.07) is 0. The Hall–Kier alpha value is 0.470. The zero-order chi connectivity index (χ0) is 19.3. The van der Waals surface area contributed by atoms with Crippen LogP contribution in [0.4, 0.5) is 0 Å². The first-order valence-corrected chi connectivity index (χ1v) is 12.2. The Morgan fingerprint density at radius 1 is 0.440 bits per heavy atom. The molecule has 4 N–H and O–H groups in total. The summed E-state index contributed by atoms with van der Waals surface area (Å²) in [5, 5.41) is 43.3. The van der Waals surface area contributed by atoms with Gasteiger partial charge in [0.1, 0.15) is 0 Å². The minimum absolute atomic E-state index is 1.25. The first-order valence-electron chi connectivity index (χ1n) is 8.38. The molecule has 0 bridgehead atoms. The summed E-state index contributed by atoms with van der Waals surface area (Å²) in [7, 11) is 0. The van der Waals surface area contributed by atoms with Crippen molar-refractivity contribution in [2.24, 2.45) is 0 Å². The van der Waals surface area contributed by atoms with Gasteiger partial charge in [-0.3, -0.25) is 0 Å². The SMILES string of the molecule is CC1(O)C(C)(O)C2(C)O[Te]3(OC12C)OC1(C)C(C)(O)C(C)(O)C1(C)O3. The summed E-state index contributed by atoms with van der Waals surface area (Å²) in [6.07, 6.45) is 0. The van der Waals surface area contributed by atoms with Crippen LogP contribution in [0.2, 0.25) is 0 Å². The molecule has 25 heavy (non-hydrogen) atoms. The molecule has 2 saturated carbocycles. The Labute approximate surface area is 153 Å². The molecule has 4 rings (SSSR count). The predicted octanol–water partition coefficient (Wildman–Crippen LogP) is -0.418. The molecule has 8 unspecified atom stereocenters. The fraction of sp³-hybridized carbons (Fsp3) is 1.00. The van der Waals surface area contributed by atoms with Gasteiger partial charge in [-0.15, -0.1) is 0 Å². The molecule has 8 nitrogen and oxygen atoms in total. The van der Waals surface area contributed by atoms with Crippen molar-refractivity contribution in [3.63, 3.8) is 0 Å². The van der Waals surface area contributed by atoms with Gasteiger partial charge in [0.2, 0.25) is 0 Å². The molecule has 2 heterocycles. The molecule has 1 spiro atoms. The molecule has 0 aromatic carbocycles. The molecule has 4 aliphatic rings. The van der Waals surface area contributed by atoms with Gasteiger partial charge >= 0.3 is 153 Å². The van der Waals surface area contributed by atoms with Gasteiger partial charge < -0.3 is 0 Å². The van der Waals surface area contributed by atoms with Crippen molar-refractivity contribution in [3.8, 4) is 0 Å². The third-order valence-electron chi connectivity index (χ3n) is 8.51. The average molecular weight is 476 g/mol. The van der Waals surface area contributed by atoms with Crippen molar-refractivity contribution in [1.82, 2.24) is 0 Å². The maximum atomic E-state index is 10.8. The van der Waals surface area contributed by atoms with Gasteiger partial charge in [-0.1, -0.05) is 0 Å². The Balaban J connectivity index is 1.80. The van der Waals surface area contributed by atoms with E-state index < -0.39 is 64.6 Å². The summed E-state index contributed by atoms with van der Waals surface area (Å²) in [5.41, 5.74) is -11.4. The van der Waals surface area contributed by atoms with Crippen LogP contribution in [0, 0.1) is 0 Å². The second kappa shape index (κ2) is 3.94. The van der Waals surface area contributed by atoms with E-state index in [9.17, 15) is 20.4 Å². The molecular formula is C16H28O8Te. The molecule has 8 atom stereocenters. The third kappa shape index (κ3) is 1.33. The van der Waals surface area contributed by atoms with Crippen molar-refractivity contribution < 1.29 is 32.8 Å². The van der Waals surface area contributed by atoms with E-state index in [-0.39, 0.29) is 0 Å². The number of hydrogen-bond donors (Lipinski definition) is 4. The number of hydrogen-bond acceptors (Lipinski definition) is 8. The van der Waals surface area contributed by atoms with Gasteiger partial charge in [-0.25, -0.2) is 0 Å². The zero-order valence-electron chi connectivity index (χ0n) is 15.8.